The SMILES string of the molecule is CN(CCOCCC(=O)NO)c1ccc(Nc2nc(-c3ccc4cn[nH]c4c3)cn3ccnc23)cc1. The molecule has 0 radical (unpaired) electrons. The quantitative estimate of drug-likeness (QED) is 0.134. The summed E-state index contributed by atoms with van der Waals surface area (Å²) in [4.78, 5) is 22.4. The molecule has 0 bridgehead atoms. The van der Waals surface area contributed by atoms with E-state index in [0.29, 0.717) is 19.0 Å². The van der Waals surface area contributed by atoms with E-state index in [2.05, 4.69) is 25.4 Å². The van der Waals surface area contributed by atoms with Crippen molar-refractivity contribution in [1.29, 1.82) is 0 Å². The number of likely N-dealkylation sites (N-methyl/N-ethyl adjacent to an activating group) is 1. The number of aromatic nitrogens is 5. The Balaban J connectivity index is 1.28. The van der Waals surface area contributed by atoms with Crippen LogP contribution in [0.4, 0.5) is 17.2 Å². The molecule has 0 aliphatic carbocycles. The number of carbonyl (C=O) groups excluding carboxylic acids is 1. The number of hydroxylamine groups is 1. The second-order valence-corrected chi connectivity index (χ2v) is 8.30. The van der Waals surface area contributed by atoms with E-state index in [4.69, 9.17) is 14.9 Å². The molecule has 11 nitrogen and oxygen atoms in total. The summed E-state index contributed by atoms with van der Waals surface area (Å²) < 4.78 is 7.40. The van der Waals surface area contributed by atoms with Crippen LogP contribution >= 0.6 is 0 Å². The van der Waals surface area contributed by atoms with Crippen molar-refractivity contribution < 1.29 is 14.7 Å². The van der Waals surface area contributed by atoms with Crippen molar-refractivity contribution in [2.75, 3.05) is 37.0 Å². The van der Waals surface area contributed by atoms with Gasteiger partial charge < -0.3 is 19.4 Å². The summed E-state index contributed by atoms with van der Waals surface area (Å²) in [5, 5.41) is 20.1. The molecule has 0 unspecified atom stereocenters. The van der Waals surface area contributed by atoms with E-state index in [0.717, 1.165) is 39.2 Å². The fraction of sp³-hybridized carbons (Fsp3) is 0.200. The first-order valence-corrected chi connectivity index (χ1v) is 11.5. The molecule has 5 aromatic rings. The molecule has 2 aromatic carbocycles. The average Bonchev–Trinajstić information content (AvgIpc) is 3.57. The maximum atomic E-state index is 11.0. The number of rotatable bonds is 10. The van der Waals surface area contributed by atoms with Crippen molar-refractivity contribution >= 4 is 39.6 Å². The van der Waals surface area contributed by atoms with Crippen molar-refractivity contribution in [2.45, 2.75) is 6.42 Å². The highest BCUT2D eigenvalue weighted by Gasteiger charge is 2.11. The number of anilines is 3. The first-order valence-electron chi connectivity index (χ1n) is 11.5. The lowest BCUT2D eigenvalue weighted by molar-refractivity contribution is -0.130. The van der Waals surface area contributed by atoms with Crippen molar-refractivity contribution in [3.63, 3.8) is 0 Å². The van der Waals surface area contributed by atoms with Crippen LogP contribution in [-0.2, 0) is 9.53 Å². The molecular weight excluding hydrogens is 460 g/mol. The molecule has 1 amide bonds. The van der Waals surface area contributed by atoms with Crippen LogP contribution in [0.1, 0.15) is 6.42 Å². The van der Waals surface area contributed by atoms with Gasteiger partial charge in [0.1, 0.15) is 0 Å². The second-order valence-electron chi connectivity index (χ2n) is 8.30. The summed E-state index contributed by atoms with van der Waals surface area (Å²) in [6.07, 6.45) is 7.53. The van der Waals surface area contributed by atoms with Crippen LogP contribution in [0, 0.1) is 0 Å². The predicted octanol–water partition coefficient (Wildman–Crippen LogP) is 3.36. The minimum absolute atomic E-state index is 0.122. The number of hydrogen-bond donors (Lipinski definition) is 4. The molecule has 0 aliphatic heterocycles. The second kappa shape index (κ2) is 10.4. The summed E-state index contributed by atoms with van der Waals surface area (Å²) in [7, 11) is 1.97. The third-order valence-electron chi connectivity index (χ3n) is 5.85. The van der Waals surface area contributed by atoms with E-state index in [1.54, 1.807) is 17.9 Å². The number of benzene rings is 2. The van der Waals surface area contributed by atoms with Crippen molar-refractivity contribution in [3.8, 4) is 11.3 Å². The molecule has 3 aromatic heterocycles. The molecule has 3 heterocycles. The number of nitrogens with one attached hydrogen (secondary N) is 3. The van der Waals surface area contributed by atoms with E-state index in [9.17, 15) is 4.79 Å². The van der Waals surface area contributed by atoms with Gasteiger partial charge in [0.15, 0.2) is 11.5 Å². The highest BCUT2D eigenvalue weighted by Crippen LogP contribution is 2.27. The first-order chi connectivity index (χ1) is 17.6. The third-order valence-corrected chi connectivity index (χ3v) is 5.85. The Bertz CT molecular complexity index is 1480. The smallest absolute Gasteiger partial charge is 0.245 e. The lowest BCUT2D eigenvalue weighted by Gasteiger charge is -2.19. The van der Waals surface area contributed by atoms with Gasteiger partial charge in [-0.05, 0) is 30.3 Å². The van der Waals surface area contributed by atoms with Gasteiger partial charge in [-0.1, -0.05) is 12.1 Å². The lowest BCUT2D eigenvalue weighted by Crippen LogP contribution is -2.24. The van der Waals surface area contributed by atoms with Crippen LogP contribution in [0.5, 0.6) is 0 Å². The number of hydrogen-bond acceptors (Lipinski definition) is 8. The largest absolute Gasteiger partial charge is 0.379 e. The maximum absolute atomic E-state index is 11.0. The number of imidazole rings is 1. The zero-order valence-corrected chi connectivity index (χ0v) is 19.7. The minimum Gasteiger partial charge on any atom is -0.379 e. The summed E-state index contributed by atoms with van der Waals surface area (Å²) >= 11 is 0. The Morgan fingerprint density at radius 1 is 1.19 bits per heavy atom. The molecule has 0 aliphatic rings. The van der Waals surface area contributed by atoms with Crippen LogP contribution in [0.25, 0.3) is 27.8 Å². The summed E-state index contributed by atoms with van der Waals surface area (Å²) in [5.41, 5.74) is 6.97. The monoisotopic (exact) mass is 486 g/mol. The Kier molecular flexibility index (Phi) is 6.74. The molecule has 0 saturated carbocycles. The van der Waals surface area contributed by atoms with Gasteiger partial charge in [0.25, 0.3) is 0 Å². The van der Waals surface area contributed by atoms with Crippen LogP contribution in [0.2, 0.25) is 0 Å². The molecular formula is C25H26N8O3. The van der Waals surface area contributed by atoms with Crippen LogP contribution in [-0.4, -0.2) is 62.5 Å². The molecule has 5 rings (SSSR count). The fourth-order valence-electron chi connectivity index (χ4n) is 3.84. The number of nitrogens with zero attached hydrogens (tertiary/aromatic N) is 5. The molecule has 0 atom stereocenters. The molecule has 11 heteroatoms. The van der Waals surface area contributed by atoms with E-state index in [1.165, 1.54) is 0 Å². The summed E-state index contributed by atoms with van der Waals surface area (Å²) in [6, 6.07) is 14.1. The number of amides is 1. The van der Waals surface area contributed by atoms with Crippen LogP contribution in [0.15, 0.2) is 67.3 Å². The van der Waals surface area contributed by atoms with Crippen molar-refractivity contribution in [2.24, 2.45) is 0 Å². The zero-order chi connectivity index (χ0) is 24.9. The number of fused-ring (bicyclic) bond motifs is 2. The normalized spacial score (nSPS) is 11.2. The highest BCUT2D eigenvalue weighted by molar-refractivity contribution is 5.84. The van der Waals surface area contributed by atoms with Gasteiger partial charge >= 0.3 is 0 Å². The fourth-order valence-corrected chi connectivity index (χ4v) is 3.84. The van der Waals surface area contributed by atoms with E-state index < -0.39 is 5.91 Å². The Morgan fingerprint density at radius 2 is 2.06 bits per heavy atom. The number of carbonyl (C=O) groups is 1. The van der Waals surface area contributed by atoms with Crippen LogP contribution < -0.4 is 15.7 Å². The summed E-state index contributed by atoms with van der Waals surface area (Å²) in [6.45, 7) is 1.38. The Hall–Kier alpha value is -4.48. The predicted molar refractivity (Wildman–Crippen MR) is 136 cm³/mol. The first kappa shape index (κ1) is 23.3. The van der Waals surface area contributed by atoms with Gasteiger partial charge in [-0.15, -0.1) is 0 Å². The number of H-pyrrole nitrogens is 1. The minimum atomic E-state index is -0.460. The van der Waals surface area contributed by atoms with Gasteiger partial charge in [0.2, 0.25) is 5.91 Å². The standard InChI is InChI=1S/C25H26N8O3/c1-32(11-13-36-12-8-23(34)31-35)20-6-4-19(5-7-20)28-24-25-26-9-10-33(25)16-22(29-24)17-2-3-18-15-27-30-21(18)14-17/h2-7,9-10,14-16,35H,8,11-13H2,1H3,(H,27,30)(H,28,29)(H,31,34). The lowest BCUT2D eigenvalue weighted by atomic mass is 10.1. The van der Waals surface area contributed by atoms with Crippen molar-refractivity contribution in [3.05, 3.63) is 67.3 Å². The Morgan fingerprint density at radius 3 is 2.89 bits per heavy atom. The highest BCUT2D eigenvalue weighted by atomic mass is 16.5. The van der Waals surface area contributed by atoms with Gasteiger partial charge in [-0.2, -0.15) is 5.10 Å². The van der Waals surface area contributed by atoms with Gasteiger partial charge in [0.05, 0.1) is 37.0 Å². The number of ether oxygens (including phenoxy) is 1. The zero-order valence-electron chi connectivity index (χ0n) is 19.7. The van der Waals surface area contributed by atoms with Gasteiger partial charge in [-0.25, -0.2) is 15.4 Å². The van der Waals surface area contributed by atoms with Crippen LogP contribution in [0.3, 0.4) is 0 Å². The van der Waals surface area contributed by atoms with Crippen molar-refractivity contribution in [1.82, 2.24) is 30.0 Å². The van der Waals surface area contributed by atoms with Gasteiger partial charge in [0, 0.05) is 54.5 Å². The van der Waals surface area contributed by atoms with E-state index in [-0.39, 0.29) is 13.0 Å². The molecule has 4 N–H and O–H groups in total. The molecule has 0 spiro atoms. The molecule has 36 heavy (non-hydrogen) atoms. The molecule has 0 fully saturated rings. The number of aromatic amines is 1. The molecule has 184 valence electrons. The van der Waals surface area contributed by atoms with Gasteiger partial charge in [-0.3, -0.25) is 15.1 Å². The molecule has 0 saturated heterocycles. The average molecular weight is 487 g/mol. The topological polar surface area (TPSA) is 133 Å². The maximum Gasteiger partial charge on any atom is 0.245 e. The summed E-state index contributed by atoms with van der Waals surface area (Å²) in [5.74, 6) is 0.196. The third kappa shape index (κ3) is 5.11. The van der Waals surface area contributed by atoms with E-state index >= 15 is 0 Å². The van der Waals surface area contributed by atoms with E-state index in [1.807, 2.05) is 66.3 Å². The Labute approximate surface area is 206 Å².